The molecule has 10 amide bonds. The van der Waals surface area contributed by atoms with Gasteiger partial charge in [-0.2, -0.15) is 0 Å². The number of nitrogens with zero attached hydrogens (tertiary/aromatic N) is 8. The van der Waals surface area contributed by atoms with Crippen molar-refractivity contribution in [3.8, 4) is 11.5 Å². The summed E-state index contributed by atoms with van der Waals surface area (Å²) in [6, 6.07) is 0.428. The molecule has 3 aromatic rings. The number of urea groups is 2. The summed E-state index contributed by atoms with van der Waals surface area (Å²) in [6.45, 7) is 3.20. The highest BCUT2D eigenvalue weighted by Gasteiger charge is 2.43. The van der Waals surface area contributed by atoms with E-state index in [0.717, 1.165) is 35.3 Å². The standard InChI is InChI=1S/C48H52N14O17S3/c1-4-59-14-16-61(40(68)38(59)66)46(76)53-28(22-6-10-26(63)11-7-22)34(64)50-33(43(72)73)37-52-31(25(20-81-37)21-82-48-55-56-57-58(48)3)45(75)79-27-12-8-23(9-13-27)29(54-47(77)62-17-15-60(5-2)39(67)41(62)69)35(65)49-32(42(70)71)36-51-30-24(19-80-36)18-78-44(30)74/h6-13,28-29,32-33,36-37,51-52,63H,4-5,14-21H2,1-3H3,(H,49,65)(H,50,64)(H,53,76)(H,54,77)(H,70,71)(H,72,73). The Labute approximate surface area is 476 Å². The Hall–Kier alpha value is -8.92. The van der Waals surface area contributed by atoms with Crippen LogP contribution in [-0.2, 0) is 59.7 Å². The summed E-state index contributed by atoms with van der Waals surface area (Å²) >= 11 is 3.14. The summed E-state index contributed by atoms with van der Waals surface area (Å²) in [5, 5.41) is 55.5. The smallest absolute Gasteiger partial charge is 0.359 e. The van der Waals surface area contributed by atoms with Crippen LogP contribution in [0, 0.1) is 0 Å². The molecular weight excluding hydrogens is 1140 g/mol. The first-order chi connectivity index (χ1) is 39.2. The number of amides is 10. The summed E-state index contributed by atoms with van der Waals surface area (Å²) < 4.78 is 12.2. The van der Waals surface area contributed by atoms with Crippen molar-refractivity contribution in [2.75, 3.05) is 63.1 Å². The van der Waals surface area contributed by atoms with Gasteiger partial charge in [0.1, 0.15) is 52.3 Å². The molecule has 0 spiro atoms. The van der Waals surface area contributed by atoms with Crippen LogP contribution in [0.5, 0.6) is 11.5 Å². The number of carbonyl (C=O) groups is 12. The van der Waals surface area contributed by atoms with E-state index in [0.29, 0.717) is 26.1 Å². The zero-order valence-electron chi connectivity index (χ0n) is 43.5. The molecule has 6 unspecified atom stereocenters. The summed E-state index contributed by atoms with van der Waals surface area (Å²) in [5.41, 5.74) is 0.731. The molecule has 34 heteroatoms. The largest absolute Gasteiger partial charge is 0.508 e. The number of phenols is 1. The molecule has 0 saturated carbocycles. The number of nitrogens with one attached hydrogen (secondary N) is 6. The molecule has 82 heavy (non-hydrogen) atoms. The molecular formula is C48H52N14O17S3. The number of tetrazole rings is 1. The Bertz CT molecular complexity index is 3180. The minimum absolute atomic E-state index is 0.00256. The maximum atomic E-state index is 14.4. The average Bonchev–Trinajstić information content (AvgIpc) is 4.07. The van der Waals surface area contributed by atoms with Gasteiger partial charge in [-0.1, -0.05) is 36.0 Å². The van der Waals surface area contributed by atoms with Crippen molar-refractivity contribution in [2.24, 2.45) is 7.05 Å². The first-order valence-electron chi connectivity index (χ1n) is 24.9. The van der Waals surface area contributed by atoms with Crippen LogP contribution in [0.15, 0.2) is 76.2 Å². The number of phenolic OH excluding ortho intramolecular Hbond substituents is 1. The van der Waals surface area contributed by atoms with Crippen molar-refractivity contribution in [1.29, 1.82) is 0 Å². The lowest BCUT2D eigenvalue weighted by Crippen LogP contribution is -2.60. The average molecular weight is 1190 g/mol. The third-order valence-corrected chi connectivity index (χ3v) is 16.8. The van der Waals surface area contributed by atoms with E-state index in [1.807, 2.05) is 0 Å². The topological polar surface area (TPSA) is 413 Å². The summed E-state index contributed by atoms with van der Waals surface area (Å²) in [7, 11) is 1.57. The van der Waals surface area contributed by atoms with Crippen molar-refractivity contribution in [3.05, 3.63) is 82.2 Å². The first kappa shape index (κ1) is 59.2. The normalized spacial score (nSPS) is 19.7. The van der Waals surface area contributed by atoms with E-state index in [2.05, 4.69) is 47.4 Å². The van der Waals surface area contributed by atoms with Crippen LogP contribution in [0.4, 0.5) is 9.59 Å². The molecule has 434 valence electrons. The molecule has 8 rings (SSSR count). The minimum atomic E-state index is -1.87. The number of carboxylic acids is 2. The number of cyclic esters (lactones) is 1. The molecule has 0 radical (unpaired) electrons. The van der Waals surface area contributed by atoms with E-state index in [1.54, 1.807) is 20.9 Å². The monoisotopic (exact) mass is 1190 g/mol. The van der Waals surface area contributed by atoms with Gasteiger partial charge in [-0.05, 0) is 65.2 Å². The van der Waals surface area contributed by atoms with Gasteiger partial charge in [0.15, 0.2) is 12.1 Å². The van der Waals surface area contributed by atoms with Crippen molar-refractivity contribution in [3.63, 3.8) is 0 Å². The second-order valence-electron chi connectivity index (χ2n) is 18.3. The maximum absolute atomic E-state index is 14.4. The molecule has 9 N–H and O–H groups in total. The number of ether oxygens (including phenoxy) is 2. The van der Waals surface area contributed by atoms with E-state index in [9.17, 15) is 72.9 Å². The van der Waals surface area contributed by atoms with Gasteiger partial charge in [-0.25, -0.2) is 33.4 Å². The van der Waals surface area contributed by atoms with Crippen molar-refractivity contribution in [1.82, 2.24) is 71.7 Å². The fourth-order valence-corrected chi connectivity index (χ4v) is 12.1. The number of likely N-dealkylation sites (N-methyl/N-ethyl adjacent to an activating group) is 2. The van der Waals surface area contributed by atoms with Gasteiger partial charge in [0, 0.05) is 69.1 Å². The lowest BCUT2D eigenvalue weighted by molar-refractivity contribution is -0.153. The molecule has 5 aliphatic heterocycles. The summed E-state index contributed by atoms with van der Waals surface area (Å²) in [4.78, 5) is 163. The second-order valence-corrected chi connectivity index (χ2v) is 21.5. The van der Waals surface area contributed by atoms with Crippen LogP contribution in [0.2, 0.25) is 0 Å². The number of carboxylic acid groups (broad SMARTS) is 2. The Morgan fingerprint density at radius 2 is 1.23 bits per heavy atom. The molecule has 2 aromatic carbocycles. The molecule has 2 saturated heterocycles. The van der Waals surface area contributed by atoms with E-state index in [4.69, 9.17) is 9.47 Å². The number of carbonyl (C=O) groups excluding carboxylic acids is 10. The van der Waals surface area contributed by atoms with Gasteiger partial charge in [0.2, 0.25) is 17.0 Å². The maximum Gasteiger partial charge on any atom is 0.359 e. The fraction of sp³-hybridized carbons (Fsp3) is 0.396. The predicted octanol–water partition coefficient (Wildman–Crippen LogP) is -2.27. The number of hydrogen-bond acceptors (Lipinski definition) is 23. The zero-order chi connectivity index (χ0) is 59.1. The molecule has 31 nitrogen and oxygen atoms in total. The number of benzene rings is 2. The van der Waals surface area contributed by atoms with Gasteiger partial charge in [0.05, 0.1) is 0 Å². The molecule has 0 aliphatic carbocycles. The van der Waals surface area contributed by atoms with Crippen LogP contribution in [-0.4, -0.2) is 212 Å². The number of imide groups is 2. The Morgan fingerprint density at radius 3 is 1.73 bits per heavy atom. The highest BCUT2D eigenvalue weighted by Crippen LogP contribution is 2.32. The van der Waals surface area contributed by atoms with Crippen LogP contribution < -0.4 is 36.6 Å². The van der Waals surface area contributed by atoms with Crippen molar-refractivity contribution >= 4 is 107 Å². The highest BCUT2D eigenvalue weighted by molar-refractivity contribution is 8.01. The van der Waals surface area contributed by atoms with Crippen LogP contribution in [0.1, 0.15) is 37.1 Å². The molecule has 2 fully saturated rings. The fourth-order valence-electron chi connectivity index (χ4n) is 8.71. The summed E-state index contributed by atoms with van der Waals surface area (Å²) in [5.74, 6) is -11.6. The van der Waals surface area contributed by atoms with Gasteiger partial charge in [0.25, 0.3) is 0 Å². The van der Waals surface area contributed by atoms with E-state index in [-0.39, 0.29) is 97.2 Å². The van der Waals surface area contributed by atoms with Crippen LogP contribution in [0.3, 0.4) is 0 Å². The lowest BCUT2D eigenvalue weighted by Gasteiger charge is -2.34. The molecule has 5 aliphatic rings. The SMILES string of the molecule is CCN1CCN(C(=O)NC(C(=O)NC(C(=O)O)C2NC3=C(COC3=O)CS2)c2ccc(OC(=O)C3=C(CSc4nnnn4C)CSC(C(NC(=O)C(NC(=O)N4CCN(CC)C(=O)C4=O)c4ccc(O)cc4)C(=O)O)N3)cc2)C(=O)C1=O. The van der Waals surface area contributed by atoms with Gasteiger partial charge in [-0.15, -0.1) is 28.6 Å². The Balaban J connectivity index is 1.03. The van der Waals surface area contributed by atoms with E-state index in [1.165, 1.54) is 63.0 Å². The van der Waals surface area contributed by atoms with Gasteiger partial charge in [-0.3, -0.25) is 38.6 Å². The number of aromatic nitrogens is 4. The third-order valence-electron chi connectivity index (χ3n) is 13.2. The van der Waals surface area contributed by atoms with Gasteiger partial charge >= 0.3 is 59.6 Å². The molecule has 6 atom stereocenters. The first-order valence-corrected chi connectivity index (χ1v) is 28.0. The third kappa shape index (κ3) is 13.1. The highest BCUT2D eigenvalue weighted by atomic mass is 32.2. The Morgan fingerprint density at radius 1 is 0.720 bits per heavy atom. The lowest BCUT2D eigenvalue weighted by atomic mass is 10.0. The molecule has 0 bridgehead atoms. The zero-order valence-corrected chi connectivity index (χ0v) is 46.0. The second kappa shape index (κ2) is 25.7. The molecule has 1 aromatic heterocycles. The number of aryl methyl sites for hydroxylation is 1. The van der Waals surface area contributed by atoms with Crippen LogP contribution in [0.25, 0.3) is 0 Å². The number of aromatic hydroxyl groups is 1. The quantitative estimate of drug-likeness (QED) is 0.0264. The van der Waals surface area contributed by atoms with Gasteiger partial charge < -0.3 is 66.5 Å². The summed E-state index contributed by atoms with van der Waals surface area (Å²) in [6.07, 6.45) is 0. The number of piperazine rings is 2. The number of hydrogen-bond donors (Lipinski definition) is 9. The number of esters is 2. The predicted molar refractivity (Wildman–Crippen MR) is 283 cm³/mol. The number of rotatable bonds is 19. The number of aliphatic carboxylic acids is 2. The van der Waals surface area contributed by atoms with Crippen molar-refractivity contribution in [2.45, 2.75) is 53.9 Å². The minimum Gasteiger partial charge on any atom is -0.508 e. The Kier molecular flexibility index (Phi) is 18.5. The van der Waals surface area contributed by atoms with Crippen LogP contribution >= 0.6 is 35.3 Å². The van der Waals surface area contributed by atoms with Crippen molar-refractivity contribution < 1.29 is 82.3 Å². The van der Waals surface area contributed by atoms with E-state index < -0.39 is 106 Å². The van der Waals surface area contributed by atoms with E-state index >= 15 is 0 Å². The molecule has 6 heterocycles. The number of thioether (sulfide) groups is 3.